The molecule has 0 spiro atoms. The first kappa shape index (κ1) is 14.6. The molecule has 0 bridgehead atoms. The lowest BCUT2D eigenvalue weighted by Gasteiger charge is -2.12. The molecule has 10 nitrogen and oxygen atoms in total. The highest BCUT2D eigenvalue weighted by Gasteiger charge is 2.34. The average Bonchev–Trinajstić information content (AvgIpc) is 3.01. The average molecular weight is 309 g/mol. The summed E-state index contributed by atoms with van der Waals surface area (Å²) in [7, 11) is 1.43. The quantitative estimate of drug-likeness (QED) is 0.684. The number of aliphatic hydroxyl groups excluding tert-OH is 2. The number of carbonyl (C=O) groups is 1. The number of fused-ring (bicyclic) bond motifs is 1. The highest BCUT2D eigenvalue weighted by Crippen LogP contribution is 2.31. The van der Waals surface area contributed by atoms with E-state index in [4.69, 9.17) is 9.47 Å². The van der Waals surface area contributed by atoms with Gasteiger partial charge in [-0.25, -0.2) is 4.98 Å². The molecule has 10 heteroatoms. The molecular weight excluding hydrogens is 294 g/mol. The van der Waals surface area contributed by atoms with Gasteiger partial charge < -0.3 is 19.7 Å². The predicted octanol–water partition coefficient (Wildman–Crippen LogP) is -0.609. The number of methoxy groups -OCH3 is 1. The number of anilines is 1. The van der Waals surface area contributed by atoms with E-state index in [9.17, 15) is 15.0 Å². The molecule has 3 unspecified atom stereocenters. The molecule has 1 aliphatic heterocycles. The Hall–Kier alpha value is -2.30. The van der Waals surface area contributed by atoms with Gasteiger partial charge in [-0.05, 0) is 0 Å². The smallest absolute Gasteiger partial charge is 0.246 e. The van der Waals surface area contributed by atoms with E-state index in [0.29, 0.717) is 11.2 Å². The monoisotopic (exact) mass is 309 g/mol. The van der Waals surface area contributed by atoms with Gasteiger partial charge in [0, 0.05) is 13.3 Å². The van der Waals surface area contributed by atoms with Crippen molar-refractivity contribution in [3.8, 4) is 5.88 Å². The molecule has 3 rings (SSSR count). The summed E-state index contributed by atoms with van der Waals surface area (Å²) in [6.07, 6.45) is -1.23. The van der Waals surface area contributed by atoms with Crippen LogP contribution in [0.4, 0.5) is 5.95 Å². The number of hydrogen-bond donors (Lipinski definition) is 3. The number of aliphatic hydroxyl groups is 2. The Morgan fingerprint density at radius 2 is 2.27 bits per heavy atom. The topological polar surface area (TPSA) is 132 Å². The Morgan fingerprint density at radius 1 is 1.50 bits per heavy atom. The fraction of sp³-hybridized carbons (Fsp3) is 0.500. The van der Waals surface area contributed by atoms with Crippen LogP contribution in [0.3, 0.4) is 0 Å². The van der Waals surface area contributed by atoms with Crippen LogP contribution in [-0.2, 0) is 9.53 Å². The third-order valence-electron chi connectivity index (χ3n) is 3.25. The number of aromatic nitrogens is 4. The van der Waals surface area contributed by atoms with Gasteiger partial charge in [0.1, 0.15) is 12.3 Å². The Labute approximate surface area is 124 Å². The fourth-order valence-electron chi connectivity index (χ4n) is 2.27. The van der Waals surface area contributed by atoms with Gasteiger partial charge in [0.05, 0.1) is 13.4 Å². The Morgan fingerprint density at radius 3 is 2.86 bits per heavy atom. The van der Waals surface area contributed by atoms with Gasteiger partial charge in [-0.2, -0.15) is 9.97 Å². The molecule has 1 saturated heterocycles. The number of ether oxygens (including phenoxy) is 2. The lowest BCUT2D eigenvalue weighted by molar-refractivity contribution is -0.140. The van der Waals surface area contributed by atoms with Gasteiger partial charge in [-0.15, -0.1) is 0 Å². The predicted molar refractivity (Wildman–Crippen MR) is 72.9 cm³/mol. The molecule has 0 aromatic carbocycles. The van der Waals surface area contributed by atoms with E-state index < -0.39 is 18.6 Å². The lowest BCUT2D eigenvalue weighted by Crippen LogP contribution is -2.19. The molecule has 118 valence electrons. The maximum absolute atomic E-state index is 11.2. The van der Waals surface area contributed by atoms with Crippen molar-refractivity contribution in [1.82, 2.24) is 19.5 Å². The lowest BCUT2D eigenvalue weighted by atomic mass is 10.2. The standard InChI is InChI=1S/C12H15N5O5/c1-5(18)14-12-15-9-8(10(16-12)21-2)13-4-17(9)7-3-6(19)11(20)22-7/h4,6-7,11,19-20H,3H2,1-2H3,(H,14,15,16,18). The van der Waals surface area contributed by atoms with Crippen LogP contribution in [-0.4, -0.2) is 55.1 Å². The minimum Gasteiger partial charge on any atom is -0.479 e. The molecule has 0 saturated carbocycles. The minimum atomic E-state index is -1.26. The number of nitrogens with one attached hydrogen (secondary N) is 1. The second-order valence-electron chi connectivity index (χ2n) is 4.85. The molecule has 1 amide bonds. The van der Waals surface area contributed by atoms with E-state index >= 15 is 0 Å². The van der Waals surface area contributed by atoms with Gasteiger partial charge in [0.2, 0.25) is 17.7 Å². The van der Waals surface area contributed by atoms with Crippen LogP contribution in [0.5, 0.6) is 5.88 Å². The van der Waals surface area contributed by atoms with Crippen molar-refractivity contribution in [2.24, 2.45) is 0 Å². The summed E-state index contributed by atoms with van der Waals surface area (Å²) in [6, 6.07) is 0. The van der Waals surface area contributed by atoms with Gasteiger partial charge in [-0.3, -0.25) is 14.7 Å². The first-order chi connectivity index (χ1) is 10.5. The molecule has 2 aromatic heterocycles. The maximum Gasteiger partial charge on any atom is 0.246 e. The van der Waals surface area contributed by atoms with Crippen molar-refractivity contribution >= 4 is 23.0 Å². The zero-order valence-corrected chi connectivity index (χ0v) is 11.9. The van der Waals surface area contributed by atoms with E-state index in [-0.39, 0.29) is 24.2 Å². The minimum absolute atomic E-state index is 0.0673. The molecule has 0 radical (unpaired) electrons. The van der Waals surface area contributed by atoms with Gasteiger partial charge in [0.15, 0.2) is 17.5 Å². The van der Waals surface area contributed by atoms with Crippen molar-refractivity contribution in [2.45, 2.75) is 32.0 Å². The number of carbonyl (C=O) groups excluding carboxylic acids is 1. The Bertz CT molecular complexity index is 707. The normalized spacial score (nSPS) is 24.6. The zero-order chi connectivity index (χ0) is 15.9. The molecule has 3 atom stereocenters. The summed E-state index contributed by atoms with van der Waals surface area (Å²) in [6.45, 7) is 1.34. The molecular formula is C12H15N5O5. The number of amides is 1. The van der Waals surface area contributed by atoms with Crippen LogP contribution in [0.1, 0.15) is 19.6 Å². The molecule has 1 aliphatic rings. The van der Waals surface area contributed by atoms with Crippen molar-refractivity contribution < 1.29 is 24.5 Å². The summed E-state index contributed by atoms with van der Waals surface area (Å²) in [5, 5.41) is 21.6. The third kappa shape index (κ3) is 2.47. The van der Waals surface area contributed by atoms with Crippen LogP contribution in [0, 0.1) is 0 Å². The molecule has 1 fully saturated rings. The highest BCUT2D eigenvalue weighted by molar-refractivity contribution is 5.88. The molecule has 0 aliphatic carbocycles. The van der Waals surface area contributed by atoms with E-state index in [0.717, 1.165) is 0 Å². The number of imidazole rings is 1. The first-order valence-electron chi connectivity index (χ1n) is 6.57. The van der Waals surface area contributed by atoms with E-state index in [1.165, 1.54) is 20.4 Å². The molecule has 22 heavy (non-hydrogen) atoms. The molecule has 3 N–H and O–H groups in total. The Balaban J connectivity index is 2.06. The van der Waals surface area contributed by atoms with Crippen molar-refractivity contribution in [3.05, 3.63) is 6.33 Å². The summed E-state index contributed by atoms with van der Waals surface area (Å²) in [5.41, 5.74) is 0.748. The van der Waals surface area contributed by atoms with Crippen LogP contribution in [0.15, 0.2) is 6.33 Å². The molecule has 3 heterocycles. The van der Waals surface area contributed by atoms with Crippen LogP contribution < -0.4 is 10.1 Å². The second-order valence-corrected chi connectivity index (χ2v) is 4.85. The van der Waals surface area contributed by atoms with E-state index in [1.54, 1.807) is 4.57 Å². The van der Waals surface area contributed by atoms with E-state index in [1.807, 2.05) is 0 Å². The third-order valence-corrected chi connectivity index (χ3v) is 3.25. The van der Waals surface area contributed by atoms with Gasteiger partial charge in [0.25, 0.3) is 0 Å². The maximum atomic E-state index is 11.2. The van der Waals surface area contributed by atoms with Crippen molar-refractivity contribution in [2.75, 3.05) is 12.4 Å². The first-order valence-corrected chi connectivity index (χ1v) is 6.57. The number of nitrogens with zero attached hydrogens (tertiary/aromatic N) is 4. The van der Waals surface area contributed by atoms with Crippen LogP contribution in [0.25, 0.3) is 11.2 Å². The summed E-state index contributed by atoms with van der Waals surface area (Å²) >= 11 is 0. The summed E-state index contributed by atoms with van der Waals surface area (Å²) in [4.78, 5) is 23.6. The summed E-state index contributed by atoms with van der Waals surface area (Å²) < 4.78 is 12.0. The SMILES string of the molecule is COc1nc(NC(C)=O)nc2c1ncn2C1CC(O)C(O)O1. The number of hydrogen-bond acceptors (Lipinski definition) is 8. The van der Waals surface area contributed by atoms with Gasteiger partial charge >= 0.3 is 0 Å². The van der Waals surface area contributed by atoms with Crippen molar-refractivity contribution in [3.63, 3.8) is 0 Å². The van der Waals surface area contributed by atoms with Gasteiger partial charge in [-0.1, -0.05) is 0 Å². The summed E-state index contributed by atoms with van der Waals surface area (Å²) in [5.74, 6) is -0.0558. The fourth-order valence-corrected chi connectivity index (χ4v) is 2.27. The zero-order valence-electron chi connectivity index (χ0n) is 11.9. The highest BCUT2D eigenvalue weighted by atomic mass is 16.6. The van der Waals surface area contributed by atoms with E-state index in [2.05, 4.69) is 20.3 Å². The Kier molecular flexibility index (Phi) is 3.64. The van der Waals surface area contributed by atoms with Crippen LogP contribution in [0.2, 0.25) is 0 Å². The largest absolute Gasteiger partial charge is 0.479 e. The second kappa shape index (κ2) is 5.48. The van der Waals surface area contributed by atoms with Crippen LogP contribution >= 0.6 is 0 Å². The number of rotatable bonds is 3. The van der Waals surface area contributed by atoms with Crippen molar-refractivity contribution in [1.29, 1.82) is 0 Å². The molecule has 2 aromatic rings.